The summed E-state index contributed by atoms with van der Waals surface area (Å²) in [6, 6.07) is 10.1. The number of urea groups is 1. The van der Waals surface area contributed by atoms with Gasteiger partial charge in [0.1, 0.15) is 0 Å². The second-order valence-electron chi connectivity index (χ2n) is 4.63. The molecule has 0 bridgehead atoms. The van der Waals surface area contributed by atoms with Crippen molar-refractivity contribution in [3.05, 3.63) is 35.9 Å². The zero-order chi connectivity index (χ0) is 14.6. The third kappa shape index (κ3) is 7.11. The minimum Gasteiger partial charge on any atom is -0.395 e. The minimum atomic E-state index is -0.121. The third-order valence-electron chi connectivity index (χ3n) is 2.94. The molecule has 0 aliphatic rings. The Morgan fingerprint density at radius 3 is 2.60 bits per heavy atom. The summed E-state index contributed by atoms with van der Waals surface area (Å²) in [4.78, 5) is 13.4. The molecule has 0 saturated carbocycles. The van der Waals surface area contributed by atoms with Crippen LogP contribution in [0, 0.1) is 0 Å². The Bertz CT molecular complexity index is 371. The standard InChI is InChI=1S/C15H25N3O2/c1-2-16-15(20)17-9-6-10-18(11-12-19)13-14-7-4-3-5-8-14/h3-5,7-8,19H,2,6,9-13H2,1H3,(H2,16,17,20). The third-order valence-corrected chi connectivity index (χ3v) is 2.94. The number of hydrogen-bond donors (Lipinski definition) is 3. The van der Waals surface area contributed by atoms with Crippen molar-refractivity contribution in [3.8, 4) is 0 Å². The van der Waals surface area contributed by atoms with Gasteiger partial charge < -0.3 is 15.7 Å². The van der Waals surface area contributed by atoms with Crippen molar-refractivity contribution >= 4 is 6.03 Å². The van der Waals surface area contributed by atoms with Crippen LogP contribution in [-0.2, 0) is 6.54 Å². The van der Waals surface area contributed by atoms with E-state index in [9.17, 15) is 4.79 Å². The highest BCUT2D eigenvalue weighted by Gasteiger charge is 2.05. The predicted molar refractivity (Wildman–Crippen MR) is 80.5 cm³/mol. The molecule has 0 aromatic heterocycles. The molecule has 0 spiro atoms. The highest BCUT2D eigenvalue weighted by atomic mass is 16.3. The normalized spacial score (nSPS) is 10.6. The van der Waals surface area contributed by atoms with Gasteiger partial charge in [0.05, 0.1) is 6.61 Å². The van der Waals surface area contributed by atoms with E-state index >= 15 is 0 Å². The van der Waals surface area contributed by atoms with Crippen LogP contribution < -0.4 is 10.6 Å². The molecule has 0 saturated heterocycles. The number of nitrogens with zero attached hydrogens (tertiary/aromatic N) is 1. The van der Waals surface area contributed by atoms with Crippen LogP contribution in [0.25, 0.3) is 0 Å². The van der Waals surface area contributed by atoms with Gasteiger partial charge in [-0.3, -0.25) is 4.90 Å². The molecule has 112 valence electrons. The Balaban J connectivity index is 2.27. The maximum absolute atomic E-state index is 11.2. The number of rotatable bonds is 9. The first-order chi connectivity index (χ1) is 9.76. The quantitative estimate of drug-likeness (QED) is 0.595. The van der Waals surface area contributed by atoms with Gasteiger partial charge in [-0.25, -0.2) is 4.79 Å². The van der Waals surface area contributed by atoms with Crippen molar-refractivity contribution in [2.75, 3.05) is 32.8 Å². The number of carbonyl (C=O) groups is 1. The van der Waals surface area contributed by atoms with Crippen LogP contribution >= 0.6 is 0 Å². The summed E-state index contributed by atoms with van der Waals surface area (Å²) in [6.07, 6.45) is 0.865. The summed E-state index contributed by atoms with van der Waals surface area (Å²) >= 11 is 0. The molecule has 0 aliphatic heterocycles. The first kappa shape index (κ1) is 16.5. The number of aliphatic hydroxyl groups excluding tert-OH is 1. The van der Waals surface area contributed by atoms with Gasteiger partial charge in [-0.1, -0.05) is 30.3 Å². The van der Waals surface area contributed by atoms with E-state index in [-0.39, 0.29) is 12.6 Å². The number of benzene rings is 1. The van der Waals surface area contributed by atoms with Crippen molar-refractivity contribution in [1.29, 1.82) is 0 Å². The lowest BCUT2D eigenvalue weighted by Crippen LogP contribution is -2.37. The van der Waals surface area contributed by atoms with Crippen molar-refractivity contribution < 1.29 is 9.90 Å². The SMILES string of the molecule is CCNC(=O)NCCCN(CCO)Cc1ccccc1. The second-order valence-corrected chi connectivity index (χ2v) is 4.63. The molecular formula is C15H25N3O2. The molecule has 5 heteroatoms. The monoisotopic (exact) mass is 279 g/mol. The molecule has 0 radical (unpaired) electrons. The van der Waals surface area contributed by atoms with Crippen molar-refractivity contribution in [2.24, 2.45) is 0 Å². The fraction of sp³-hybridized carbons (Fsp3) is 0.533. The predicted octanol–water partition coefficient (Wildman–Crippen LogP) is 1.19. The van der Waals surface area contributed by atoms with E-state index in [1.807, 2.05) is 25.1 Å². The Labute approximate surface area is 121 Å². The maximum atomic E-state index is 11.2. The molecule has 1 aromatic carbocycles. The summed E-state index contributed by atoms with van der Waals surface area (Å²) in [5.74, 6) is 0. The van der Waals surface area contributed by atoms with E-state index < -0.39 is 0 Å². The second kappa shape index (κ2) is 10.2. The van der Waals surface area contributed by atoms with Crippen LogP contribution in [0.2, 0.25) is 0 Å². The Morgan fingerprint density at radius 1 is 1.20 bits per heavy atom. The van der Waals surface area contributed by atoms with Gasteiger partial charge in [-0.2, -0.15) is 0 Å². The van der Waals surface area contributed by atoms with Gasteiger partial charge in [0.25, 0.3) is 0 Å². The summed E-state index contributed by atoms with van der Waals surface area (Å²) in [6.45, 7) is 5.64. The first-order valence-electron chi connectivity index (χ1n) is 7.15. The summed E-state index contributed by atoms with van der Waals surface area (Å²) in [5, 5.41) is 14.6. The van der Waals surface area contributed by atoms with Crippen LogP contribution in [0.4, 0.5) is 4.79 Å². The van der Waals surface area contributed by atoms with Gasteiger partial charge in [-0.05, 0) is 18.9 Å². The van der Waals surface area contributed by atoms with Crippen molar-refractivity contribution in [3.63, 3.8) is 0 Å². The van der Waals surface area contributed by atoms with Crippen LogP contribution in [0.5, 0.6) is 0 Å². The number of hydrogen-bond acceptors (Lipinski definition) is 3. The van der Waals surface area contributed by atoms with E-state index in [1.54, 1.807) is 0 Å². The Hall–Kier alpha value is -1.59. The smallest absolute Gasteiger partial charge is 0.314 e. The zero-order valence-electron chi connectivity index (χ0n) is 12.1. The largest absolute Gasteiger partial charge is 0.395 e. The number of aliphatic hydroxyl groups is 1. The zero-order valence-corrected chi connectivity index (χ0v) is 12.1. The molecule has 1 rings (SSSR count). The van der Waals surface area contributed by atoms with E-state index in [4.69, 9.17) is 5.11 Å². The molecule has 0 aliphatic carbocycles. The van der Waals surface area contributed by atoms with Crippen LogP contribution in [0.15, 0.2) is 30.3 Å². The highest BCUT2D eigenvalue weighted by molar-refractivity contribution is 5.73. The van der Waals surface area contributed by atoms with Crippen LogP contribution in [0.3, 0.4) is 0 Å². The average Bonchev–Trinajstić information content (AvgIpc) is 2.45. The molecule has 0 fully saturated rings. The van der Waals surface area contributed by atoms with Gasteiger partial charge >= 0.3 is 6.03 Å². The number of nitrogens with one attached hydrogen (secondary N) is 2. The van der Waals surface area contributed by atoms with E-state index in [0.29, 0.717) is 19.6 Å². The topological polar surface area (TPSA) is 64.6 Å². The summed E-state index contributed by atoms with van der Waals surface area (Å²) in [7, 11) is 0. The van der Waals surface area contributed by atoms with Crippen LogP contribution in [0.1, 0.15) is 18.9 Å². The minimum absolute atomic E-state index is 0.121. The molecule has 3 N–H and O–H groups in total. The lowest BCUT2D eigenvalue weighted by atomic mass is 10.2. The van der Waals surface area contributed by atoms with Crippen LogP contribution in [-0.4, -0.2) is 48.8 Å². The molecule has 0 unspecified atom stereocenters. The maximum Gasteiger partial charge on any atom is 0.314 e. The Morgan fingerprint density at radius 2 is 1.95 bits per heavy atom. The fourth-order valence-electron chi connectivity index (χ4n) is 1.98. The van der Waals surface area contributed by atoms with Crippen molar-refractivity contribution in [1.82, 2.24) is 15.5 Å². The average molecular weight is 279 g/mol. The van der Waals surface area contributed by atoms with Gasteiger partial charge in [0.2, 0.25) is 0 Å². The van der Waals surface area contributed by atoms with E-state index in [0.717, 1.165) is 19.5 Å². The summed E-state index contributed by atoms with van der Waals surface area (Å²) < 4.78 is 0. The van der Waals surface area contributed by atoms with E-state index in [1.165, 1.54) is 5.56 Å². The first-order valence-corrected chi connectivity index (χ1v) is 7.15. The van der Waals surface area contributed by atoms with Gasteiger partial charge in [-0.15, -0.1) is 0 Å². The van der Waals surface area contributed by atoms with E-state index in [2.05, 4.69) is 27.7 Å². The molecule has 20 heavy (non-hydrogen) atoms. The molecule has 5 nitrogen and oxygen atoms in total. The van der Waals surface area contributed by atoms with Crippen molar-refractivity contribution in [2.45, 2.75) is 19.9 Å². The number of carbonyl (C=O) groups excluding carboxylic acids is 1. The fourth-order valence-corrected chi connectivity index (χ4v) is 1.98. The molecule has 0 atom stereocenters. The van der Waals surface area contributed by atoms with Gasteiger partial charge in [0.15, 0.2) is 0 Å². The Kier molecular flexibility index (Phi) is 8.42. The molecular weight excluding hydrogens is 254 g/mol. The molecule has 2 amide bonds. The van der Waals surface area contributed by atoms with Gasteiger partial charge in [0, 0.05) is 32.7 Å². The lowest BCUT2D eigenvalue weighted by molar-refractivity contribution is 0.188. The highest BCUT2D eigenvalue weighted by Crippen LogP contribution is 2.04. The number of amides is 2. The molecule has 0 heterocycles. The summed E-state index contributed by atoms with van der Waals surface area (Å²) in [5.41, 5.74) is 1.23. The molecule has 1 aromatic rings. The lowest BCUT2D eigenvalue weighted by Gasteiger charge is -2.21.